The lowest BCUT2D eigenvalue weighted by Gasteiger charge is -2.07. The molecular formula is C22H35ClN2O3. The summed E-state index contributed by atoms with van der Waals surface area (Å²) in [5.74, 6) is 1.31. The molecule has 0 saturated carbocycles. The van der Waals surface area contributed by atoms with Crippen LogP contribution in [0.25, 0.3) is 0 Å². The molecule has 2 heterocycles. The zero-order valence-corrected chi connectivity index (χ0v) is 19.2. The largest absolute Gasteiger partial charge is 0.475 e. The van der Waals surface area contributed by atoms with Crippen LogP contribution >= 0.6 is 11.6 Å². The fourth-order valence-corrected chi connectivity index (χ4v) is 1.88. The molecule has 0 spiro atoms. The van der Waals surface area contributed by atoms with Crippen molar-refractivity contribution in [2.75, 3.05) is 6.61 Å². The predicted octanol–water partition coefficient (Wildman–Crippen LogP) is 6.13. The maximum absolute atomic E-state index is 5.63. The molecule has 2 aromatic rings. The lowest BCUT2D eigenvalue weighted by atomic mass is 10.3. The average molecular weight is 411 g/mol. The zero-order chi connectivity index (χ0) is 21.5. The third-order valence-corrected chi connectivity index (χ3v) is 3.02. The van der Waals surface area contributed by atoms with Crippen LogP contribution in [0.4, 0.5) is 0 Å². The van der Waals surface area contributed by atoms with Crippen molar-refractivity contribution < 1.29 is 14.2 Å². The minimum atomic E-state index is 0.156. The van der Waals surface area contributed by atoms with E-state index in [1.165, 1.54) is 0 Å². The molecule has 0 aliphatic rings. The van der Waals surface area contributed by atoms with Crippen LogP contribution in [0.15, 0.2) is 36.7 Å². The summed E-state index contributed by atoms with van der Waals surface area (Å²) in [6, 6.07) is 7.38. The first-order valence-electron chi connectivity index (χ1n) is 9.63. The molecule has 2 aromatic heterocycles. The standard InChI is InChI=1S/C9H13NO.C8H10ClNO.C5H12O/c1-7(2)11-9-5-4-8(3)6-10-9;1-6(2)11-8-4-3-7(9)5-10-8;1-4-6-5(2)3/h4-7H,1-3H3;3-6H,1-2H3;5H,4H2,1-3H3. The monoisotopic (exact) mass is 410 g/mol. The number of nitrogens with zero attached hydrogens (tertiary/aromatic N) is 2. The van der Waals surface area contributed by atoms with Gasteiger partial charge in [-0.25, -0.2) is 9.97 Å². The second-order valence-electron chi connectivity index (χ2n) is 6.83. The second kappa shape index (κ2) is 15.1. The van der Waals surface area contributed by atoms with Crippen molar-refractivity contribution in [3.05, 3.63) is 47.2 Å². The first kappa shape index (κ1) is 26.1. The topological polar surface area (TPSA) is 53.5 Å². The summed E-state index contributed by atoms with van der Waals surface area (Å²) in [5.41, 5.74) is 1.15. The highest BCUT2D eigenvalue weighted by molar-refractivity contribution is 6.30. The van der Waals surface area contributed by atoms with E-state index < -0.39 is 0 Å². The zero-order valence-electron chi connectivity index (χ0n) is 18.4. The smallest absolute Gasteiger partial charge is 0.213 e. The molecule has 0 aliphatic heterocycles. The van der Waals surface area contributed by atoms with Gasteiger partial charge in [0.1, 0.15) is 0 Å². The molecule has 6 heteroatoms. The van der Waals surface area contributed by atoms with Gasteiger partial charge in [-0.05, 0) is 67.0 Å². The van der Waals surface area contributed by atoms with E-state index in [0.717, 1.165) is 12.2 Å². The SMILES string of the molecule is CC(C)Oc1ccc(Cl)cn1.CCOC(C)C.Cc1ccc(OC(C)C)nc1. The minimum absolute atomic E-state index is 0.156. The summed E-state index contributed by atoms with van der Waals surface area (Å²) >= 11 is 5.63. The fourth-order valence-electron chi connectivity index (χ4n) is 1.77. The third-order valence-electron chi connectivity index (χ3n) is 2.80. The molecule has 0 saturated heterocycles. The Labute approximate surface area is 175 Å². The van der Waals surface area contributed by atoms with E-state index >= 15 is 0 Å². The van der Waals surface area contributed by atoms with Gasteiger partial charge in [-0.3, -0.25) is 0 Å². The lowest BCUT2D eigenvalue weighted by molar-refractivity contribution is 0.0899. The Bertz CT molecular complexity index is 563. The number of aryl methyl sites for hydroxylation is 1. The molecule has 0 unspecified atom stereocenters. The molecule has 5 nitrogen and oxygen atoms in total. The van der Waals surface area contributed by atoms with Gasteiger partial charge in [0.2, 0.25) is 11.8 Å². The van der Waals surface area contributed by atoms with Gasteiger partial charge in [0, 0.05) is 31.1 Å². The van der Waals surface area contributed by atoms with E-state index in [0.29, 0.717) is 22.9 Å². The summed E-state index contributed by atoms with van der Waals surface area (Å²) in [5, 5.41) is 0.626. The Morgan fingerprint density at radius 3 is 1.57 bits per heavy atom. The molecule has 0 aromatic carbocycles. The Hall–Kier alpha value is -1.85. The van der Waals surface area contributed by atoms with Gasteiger partial charge in [0.15, 0.2) is 0 Å². The Morgan fingerprint density at radius 2 is 1.29 bits per heavy atom. The van der Waals surface area contributed by atoms with Crippen molar-refractivity contribution in [3.8, 4) is 11.8 Å². The molecule has 158 valence electrons. The summed E-state index contributed by atoms with van der Waals surface area (Å²) in [6.45, 7) is 16.8. The van der Waals surface area contributed by atoms with E-state index in [1.54, 1.807) is 24.5 Å². The van der Waals surface area contributed by atoms with E-state index in [9.17, 15) is 0 Å². The maximum Gasteiger partial charge on any atom is 0.213 e. The van der Waals surface area contributed by atoms with E-state index in [1.807, 2.05) is 67.5 Å². The van der Waals surface area contributed by atoms with Crippen molar-refractivity contribution in [3.63, 3.8) is 0 Å². The second-order valence-corrected chi connectivity index (χ2v) is 7.26. The van der Waals surface area contributed by atoms with Crippen LogP contribution in [0.5, 0.6) is 11.8 Å². The van der Waals surface area contributed by atoms with Crippen LogP contribution in [0, 0.1) is 6.92 Å². The Kier molecular flexibility index (Phi) is 14.1. The molecule has 0 amide bonds. The van der Waals surface area contributed by atoms with Gasteiger partial charge < -0.3 is 14.2 Å². The quantitative estimate of drug-likeness (QED) is 0.573. The minimum Gasteiger partial charge on any atom is -0.475 e. The van der Waals surface area contributed by atoms with Gasteiger partial charge in [0.05, 0.1) is 23.3 Å². The third kappa shape index (κ3) is 15.2. The van der Waals surface area contributed by atoms with Crippen molar-refractivity contribution in [1.82, 2.24) is 9.97 Å². The normalized spacial score (nSPS) is 10.1. The number of hydrogen-bond donors (Lipinski definition) is 0. The number of rotatable bonds is 6. The van der Waals surface area contributed by atoms with Crippen LogP contribution in [-0.4, -0.2) is 34.9 Å². The van der Waals surface area contributed by atoms with E-state index in [4.69, 9.17) is 25.8 Å². The molecule has 0 fully saturated rings. The first-order chi connectivity index (χ1) is 13.1. The molecule has 28 heavy (non-hydrogen) atoms. The summed E-state index contributed by atoms with van der Waals surface area (Å²) in [4.78, 5) is 8.06. The highest BCUT2D eigenvalue weighted by atomic mass is 35.5. The van der Waals surface area contributed by atoms with Gasteiger partial charge in [-0.15, -0.1) is 0 Å². The number of pyridine rings is 2. The van der Waals surface area contributed by atoms with Crippen LogP contribution in [-0.2, 0) is 4.74 Å². The summed E-state index contributed by atoms with van der Waals surface area (Å²) in [6.07, 6.45) is 4.13. The Morgan fingerprint density at radius 1 is 0.786 bits per heavy atom. The fraction of sp³-hybridized carbons (Fsp3) is 0.545. The van der Waals surface area contributed by atoms with E-state index in [2.05, 4.69) is 9.97 Å². The lowest BCUT2D eigenvalue weighted by Crippen LogP contribution is -2.06. The van der Waals surface area contributed by atoms with Crippen LogP contribution in [0.2, 0.25) is 5.02 Å². The first-order valence-corrected chi connectivity index (χ1v) is 10.0. The number of hydrogen-bond acceptors (Lipinski definition) is 5. The molecule has 2 rings (SSSR count). The van der Waals surface area contributed by atoms with Gasteiger partial charge in [0.25, 0.3) is 0 Å². The molecule has 0 radical (unpaired) electrons. The van der Waals surface area contributed by atoms with Crippen LogP contribution in [0.1, 0.15) is 54.0 Å². The molecule has 0 atom stereocenters. The molecule has 0 aliphatic carbocycles. The number of ether oxygens (including phenoxy) is 3. The van der Waals surface area contributed by atoms with Crippen molar-refractivity contribution in [2.45, 2.75) is 73.7 Å². The molecule has 0 bridgehead atoms. The highest BCUT2D eigenvalue weighted by Gasteiger charge is 1.97. The van der Waals surface area contributed by atoms with Crippen molar-refractivity contribution in [2.24, 2.45) is 0 Å². The van der Waals surface area contributed by atoms with Crippen molar-refractivity contribution in [1.29, 1.82) is 0 Å². The van der Waals surface area contributed by atoms with Crippen LogP contribution < -0.4 is 9.47 Å². The van der Waals surface area contributed by atoms with Gasteiger partial charge in [-0.1, -0.05) is 17.7 Å². The van der Waals surface area contributed by atoms with Gasteiger partial charge in [-0.2, -0.15) is 0 Å². The maximum atomic E-state index is 5.63. The van der Waals surface area contributed by atoms with E-state index in [-0.39, 0.29) is 12.2 Å². The van der Waals surface area contributed by atoms with Crippen LogP contribution in [0.3, 0.4) is 0 Å². The summed E-state index contributed by atoms with van der Waals surface area (Å²) < 4.78 is 15.7. The van der Waals surface area contributed by atoms with Gasteiger partial charge >= 0.3 is 0 Å². The Balaban J connectivity index is 0.000000411. The molecule has 0 N–H and O–H groups in total. The average Bonchev–Trinajstić information content (AvgIpc) is 2.59. The summed E-state index contributed by atoms with van der Waals surface area (Å²) in [7, 11) is 0. The molecular weight excluding hydrogens is 376 g/mol. The number of aromatic nitrogens is 2. The van der Waals surface area contributed by atoms with Crippen molar-refractivity contribution >= 4 is 11.6 Å². The highest BCUT2D eigenvalue weighted by Crippen LogP contribution is 2.12. The number of halogens is 1. The predicted molar refractivity (Wildman–Crippen MR) is 117 cm³/mol.